The Bertz CT molecular complexity index is 435. The predicted octanol–water partition coefficient (Wildman–Crippen LogP) is 2.02. The minimum atomic E-state index is 0.0871. The first kappa shape index (κ1) is 10.6. The van der Waals surface area contributed by atoms with E-state index in [0.717, 1.165) is 12.8 Å². The number of Topliss-reactive ketones (excluding diaryl/α,β-unsaturated/α-hetero) is 1. The van der Waals surface area contributed by atoms with Crippen LogP contribution in [0.2, 0.25) is 0 Å². The lowest BCUT2D eigenvalue weighted by Crippen LogP contribution is -2.23. The summed E-state index contributed by atoms with van der Waals surface area (Å²) < 4.78 is 15.8. The van der Waals surface area contributed by atoms with Crippen molar-refractivity contribution in [2.75, 3.05) is 20.0 Å². The van der Waals surface area contributed by atoms with Crippen LogP contribution in [0.3, 0.4) is 0 Å². The number of carbonyl (C=O) groups excluding carboxylic acids is 1. The van der Waals surface area contributed by atoms with Crippen LogP contribution in [-0.4, -0.2) is 25.8 Å². The van der Waals surface area contributed by atoms with E-state index in [-0.39, 0.29) is 18.5 Å². The number of carbonyl (C=O) groups is 1. The van der Waals surface area contributed by atoms with Gasteiger partial charge in [0.2, 0.25) is 6.79 Å². The molecule has 2 heterocycles. The van der Waals surface area contributed by atoms with Gasteiger partial charge in [-0.3, -0.25) is 4.79 Å². The second-order valence-corrected chi connectivity index (χ2v) is 4.32. The summed E-state index contributed by atoms with van der Waals surface area (Å²) in [4.78, 5) is 12.2. The lowest BCUT2D eigenvalue weighted by molar-refractivity contribution is 0.0544. The Morgan fingerprint density at radius 1 is 1.12 bits per heavy atom. The van der Waals surface area contributed by atoms with Crippen LogP contribution in [0.1, 0.15) is 23.2 Å². The zero-order chi connectivity index (χ0) is 11.7. The van der Waals surface area contributed by atoms with E-state index in [9.17, 15) is 4.79 Å². The predicted molar refractivity (Wildman–Crippen MR) is 60.4 cm³/mol. The Hall–Kier alpha value is -1.55. The summed E-state index contributed by atoms with van der Waals surface area (Å²) in [5, 5.41) is 0. The molecule has 0 atom stereocenters. The molecule has 4 heteroatoms. The summed E-state index contributed by atoms with van der Waals surface area (Å²) >= 11 is 0. The summed E-state index contributed by atoms with van der Waals surface area (Å²) in [6.45, 7) is 1.60. The molecule has 1 fully saturated rings. The summed E-state index contributed by atoms with van der Waals surface area (Å²) in [6.07, 6.45) is 1.63. The highest BCUT2D eigenvalue weighted by molar-refractivity contribution is 5.98. The quantitative estimate of drug-likeness (QED) is 0.734. The van der Waals surface area contributed by atoms with Gasteiger partial charge in [-0.2, -0.15) is 0 Å². The third-order valence-corrected chi connectivity index (χ3v) is 3.25. The van der Waals surface area contributed by atoms with Crippen molar-refractivity contribution in [2.45, 2.75) is 12.8 Å². The van der Waals surface area contributed by atoms with Gasteiger partial charge in [-0.05, 0) is 31.0 Å². The number of ketones is 1. The number of fused-ring (bicyclic) bond motifs is 1. The number of hydrogen-bond donors (Lipinski definition) is 0. The number of ether oxygens (including phenoxy) is 3. The van der Waals surface area contributed by atoms with Crippen LogP contribution in [0, 0.1) is 5.92 Å². The lowest BCUT2D eigenvalue weighted by atomic mass is 9.91. The smallest absolute Gasteiger partial charge is 0.231 e. The molecule has 4 nitrogen and oxygen atoms in total. The van der Waals surface area contributed by atoms with Gasteiger partial charge >= 0.3 is 0 Å². The molecule has 3 rings (SSSR count). The highest BCUT2D eigenvalue weighted by atomic mass is 16.7. The van der Waals surface area contributed by atoms with Gasteiger partial charge in [0.05, 0.1) is 0 Å². The van der Waals surface area contributed by atoms with Crippen LogP contribution in [0.15, 0.2) is 18.2 Å². The zero-order valence-corrected chi connectivity index (χ0v) is 9.48. The van der Waals surface area contributed by atoms with E-state index in [1.165, 1.54) is 0 Å². The third-order valence-electron chi connectivity index (χ3n) is 3.25. The lowest BCUT2D eigenvalue weighted by Gasteiger charge is -2.20. The van der Waals surface area contributed by atoms with Crippen molar-refractivity contribution >= 4 is 5.78 Å². The summed E-state index contributed by atoms with van der Waals surface area (Å²) in [6, 6.07) is 5.39. The fraction of sp³-hybridized carbons (Fsp3) is 0.462. The molecule has 0 bridgehead atoms. The van der Waals surface area contributed by atoms with Gasteiger partial charge in [-0.1, -0.05) is 0 Å². The van der Waals surface area contributed by atoms with Crippen LogP contribution in [0.25, 0.3) is 0 Å². The number of hydrogen-bond acceptors (Lipinski definition) is 4. The Morgan fingerprint density at radius 3 is 2.71 bits per heavy atom. The molecule has 0 radical (unpaired) electrons. The van der Waals surface area contributed by atoms with Crippen LogP contribution in [-0.2, 0) is 4.74 Å². The SMILES string of the molecule is O=C(c1ccc2c(c1)OCO2)C1CCOCC1. The standard InChI is InChI=1S/C13H14O4/c14-13(9-3-5-15-6-4-9)10-1-2-11-12(7-10)17-8-16-11/h1-2,7,9H,3-6,8H2. The van der Waals surface area contributed by atoms with Gasteiger partial charge in [0, 0.05) is 24.7 Å². The van der Waals surface area contributed by atoms with Crippen molar-refractivity contribution in [2.24, 2.45) is 5.92 Å². The highest BCUT2D eigenvalue weighted by Crippen LogP contribution is 2.33. The first-order valence-corrected chi connectivity index (χ1v) is 5.86. The minimum Gasteiger partial charge on any atom is -0.454 e. The molecule has 0 N–H and O–H groups in total. The molecule has 0 saturated carbocycles. The van der Waals surface area contributed by atoms with Gasteiger partial charge in [0.25, 0.3) is 0 Å². The van der Waals surface area contributed by atoms with Gasteiger partial charge in [0.1, 0.15) is 0 Å². The number of benzene rings is 1. The summed E-state index contributed by atoms with van der Waals surface area (Å²) in [5.74, 6) is 1.66. The van der Waals surface area contributed by atoms with E-state index >= 15 is 0 Å². The van der Waals surface area contributed by atoms with Gasteiger partial charge < -0.3 is 14.2 Å². The molecular formula is C13H14O4. The molecule has 0 aromatic heterocycles. The third kappa shape index (κ3) is 2.00. The normalized spacial score (nSPS) is 19.3. The molecule has 1 aromatic rings. The molecule has 0 aliphatic carbocycles. The average molecular weight is 234 g/mol. The van der Waals surface area contributed by atoms with Crippen molar-refractivity contribution in [3.8, 4) is 11.5 Å². The van der Waals surface area contributed by atoms with E-state index in [2.05, 4.69) is 0 Å². The molecule has 0 unspecified atom stereocenters. The molecule has 0 spiro atoms. The average Bonchev–Trinajstić information content (AvgIpc) is 2.86. The molecule has 2 aliphatic heterocycles. The molecule has 1 aromatic carbocycles. The fourth-order valence-corrected chi connectivity index (χ4v) is 2.25. The van der Waals surface area contributed by atoms with Crippen molar-refractivity contribution in [3.05, 3.63) is 23.8 Å². The van der Waals surface area contributed by atoms with Gasteiger partial charge in [0.15, 0.2) is 17.3 Å². The van der Waals surface area contributed by atoms with E-state index in [0.29, 0.717) is 30.3 Å². The Morgan fingerprint density at radius 2 is 1.88 bits per heavy atom. The minimum absolute atomic E-state index is 0.0871. The maximum Gasteiger partial charge on any atom is 0.231 e. The van der Waals surface area contributed by atoms with Crippen LogP contribution >= 0.6 is 0 Å². The van der Waals surface area contributed by atoms with Gasteiger partial charge in [-0.25, -0.2) is 0 Å². The Kier molecular flexibility index (Phi) is 2.73. The van der Waals surface area contributed by atoms with Crippen LogP contribution in [0.4, 0.5) is 0 Å². The van der Waals surface area contributed by atoms with Crippen molar-refractivity contribution in [3.63, 3.8) is 0 Å². The van der Waals surface area contributed by atoms with Crippen molar-refractivity contribution < 1.29 is 19.0 Å². The summed E-state index contributed by atoms with van der Waals surface area (Å²) in [5.41, 5.74) is 0.709. The molecule has 90 valence electrons. The van der Waals surface area contributed by atoms with E-state index < -0.39 is 0 Å². The second kappa shape index (κ2) is 4.37. The molecular weight excluding hydrogens is 220 g/mol. The Balaban J connectivity index is 1.81. The Labute approximate surface area is 99.5 Å². The van der Waals surface area contributed by atoms with E-state index in [1.807, 2.05) is 6.07 Å². The number of rotatable bonds is 2. The van der Waals surface area contributed by atoms with Crippen LogP contribution < -0.4 is 9.47 Å². The first-order valence-electron chi connectivity index (χ1n) is 5.86. The van der Waals surface area contributed by atoms with E-state index in [4.69, 9.17) is 14.2 Å². The monoisotopic (exact) mass is 234 g/mol. The molecule has 0 amide bonds. The van der Waals surface area contributed by atoms with Crippen molar-refractivity contribution in [1.29, 1.82) is 0 Å². The van der Waals surface area contributed by atoms with E-state index in [1.54, 1.807) is 12.1 Å². The zero-order valence-electron chi connectivity index (χ0n) is 9.48. The van der Waals surface area contributed by atoms with Crippen molar-refractivity contribution in [1.82, 2.24) is 0 Å². The maximum absolute atomic E-state index is 12.2. The molecule has 17 heavy (non-hydrogen) atoms. The molecule has 1 saturated heterocycles. The van der Waals surface area contributed by atoms with Gasteiger partial charge in [-0.15, -0.1) is 0 Å². The maximum atomic E-state index is 12.2. The van der Waals surface area contributed by atoms with Crippen LogP contribution in [0.5, 0.6) is 11.5 Å². The summed E-state index contributed by atoms with van der Waals surface area (Å²) in [7, 11) is 0. The largest absolute Gasteiger partial charge is 0.454 e. The fourth-order valence-electron chi connectivity index (χ4n) is 2.25. The highest BCUT2D eigenvalue weighted by Gasteiger charge is 2.24. The first-order chi connectivity index (χ1) is 8.34. The molecule has 2 aliphatic rings. The topological polar surface area (TPSA) is 44.8 Å². The second-order valence-electron chi connectivity index (χ2n) is 4.32.